The third-order valence-electron chi connectivity index (χ3n) is 3.46. The molecule has 2 aliphatic rings. The monoisotopic (exact) mass is 258 g/mol. The third kappa shape index (κ3) is 3.64. The maximum atomic E-state index is 4.48. The van der Waals surface area contributed by atoms with Crippen LogP contribution in [0.4, 0.5) is 0 Å². The highest BCUT2D eigenvalue weighted by Crippen LogP contribution is 2.15. The first-order valence-electron chi connectivity index (χ1n) is 6.76. The molecule has 0 amide bonds. The van der Waals surface area contributed by atoms with Crippen LogP contribution in [0.2, 0.25) is 0 Å². The molecule has 19 heavy (non-hydrogen) atoms. The molecule has 1 heterocycles. The molecular formula is C15H22N4. The number of allylic oxidation sites excluding steroid dienone is 4. The lowest BCUT2D eigenvalue weighted by molar-refractivity contribution is 0.396. The molecular weight excluding hydrogens is 236 g/mol. The van der Waals surface area contributed by atoms with Crippen molar-refractivity contribution < 1.29 is 0 Å². The molecule has 0 spiro atoms. The van der Waals surface area contributed by atoms with Gasteiger partial charge in [-0.2, -0.15) is 0 Å². The lowest BCUT2D eigenvalue weighted by Gasteiger charge is -2.17. The van der Waals surface area contributed by atoms with Gasteiger partial charge in [0.1, 0.15) is 5.82 Å². The van der Waals surface area contributed by atoms with Gasteiger partial charge in [0, 0.05) is 24.7 Å². The molecule has 0 aromatic heterocycles. The van der Waals surface area contributed by atoms with Gasteiger partial charge in [-0.05, 0) is 18.7 Å². The smallest absolute Gasteiger partial charge is 0.147 e. The first kappa shape index (κ1) is 13.7. The molecule has 1 fully saturated rings. The fraction of sp³-hybridized carbons (Fsp3) is 0.467. The average molecular weight is 258 g/mol. The van der Waals surface area contributed by atoms with Gasteiger partial charge in [0.25, 0.3) is 0 Å². The van der Waals surface area contributed by atoms with E-state index in [1.165, 1.54) is 0 Å². The van der Waals surface area contributed by atoms with E-state index in [2.05, 4.69) is 46.8 Å². The van der Waals surface area contributed by atoms with Gasteiger partial charge >= 0.3 is 0 Å². The van der Waals surface area contributed by atoms with Crippen molar-refractivity contribution in [1.82, 2.24) is 10.2 Å². The number of hydrogen-bond acceptors (Lipinski definition) is 4. The van der Waals surface area contributed by atoms with Gasteiger partial charge in [-0.25, -0.2) is 4.99 Å². The number of rotatable bonds is 4. The predicted molar refractivity (Wildman–Crippen MR) is 81.3 cm³/mol. The van der Waals surface area contributed by atoms with Gasteiger partial charge in [-0.15, -0.1) is 0 Å². The van der Waals surface area contributed by atoms with E-state index in [0.29, 0.717) is 12.0 Å². The van der Waals surface area contributed by atoms with E-state index >= 15 is 0 Å². The SMILES string of the molecule is C=N/C(=C\N=C1C=CC=CC1)N1CNC(C(C)C)C1. The van der Waals surface area contributed by atoms with E-state index in [0.717, 1.165) is 31.2 Å². The molecule has 0 radical (unpaired) electrons. The Morgan fingerprint density at radius 3 is 2.95 bits per heavy atom. The lowest BCUT2D eigenvalue weighted by Crippen LogP contribution is -2.29. The maximum Gasteiger partial charge on any atom is 0.147 e. The van der Waals surface area contributed by atoms with Crippen molar-refractivity contribution in [1.29, 1.82) is 0 Å². The van der Waals surface area contributed by atoms with Crippen molar-refractivity contribution in [3.05, 3.63) is 36.3 Å². The second kappa shape index (κ2) is 6.48. The largest absolute Gasteiger partial charge is 0.341 e. The van der Waals surface area contributed by atoms with Crippen LogP contribution in [-0.4, -0.2) is 36.6 Å². The molecule has 1 aliphatic heterocycles. The molecule has 0 aromatic carbocycles. The van der Waals surface area contributed by atoms with Crippen LogP contribution in [0.1, 0.15) is 20.3 Å². The molecule has 0 saturated carbocycles. The first-order valence-corrected chi connectivity index (χ1v) is 6.76. The van der Waals surface area contributed by atoms with Crippen LogP contribution in [0, 0.1) is 5.92 Å². The Morgan fingerprint density at radius 1 is 1.53 bits per heavy atom. The molecule has 1 unspecified atom stereocenters. The molecule has 102 valence electrons. The minimum absolute atomic E-state index is 0.510. The molecule has 4 nitrogen and oxygen atoms in total. The summed E-state index contributed by atoms with van der Waals surface area (Å²) in [4.78, 5) is 10.8. The number of hydrogen-bond donors (Lipinski definition) is 1. The summed E-state index contributed by atoms with van der Waals surface area (Å²) in [6, 6.07) is 0.510. The van der Waals surface area contributed by atoms with Crippen LogP contribution in [0.3, 0.4) is 0 Å². The summed E-state index contributed by atoms with van der Waals surface area (Å²) in [5.74, 6) is 1.46. The molecule has 1 N–H and O–H groups in total. The van der Waals surface area contributed by atoms with Gasteiger partial charge in [0.15, 0.2) is 0 Å². The molecule has 4 heteroatoms. The highest BCUT2D eigenvalue weighted by atomic mass is 15.3. The Labute approximate surface area is 115 Å². The van der Waals surface area contributed by atoms with E-state index in [-0.39, 0.29) is 0 Å². The average Bonchev–Trinajstić information content (AvgIpc) is 2.90. The summed E-state index contributed by atoms with van der Waals surface area (Å²) in [6.07, 6.45) is 10.9. The summed E-state index contributed by atoms with van der Waals surface area (Å²) in [6.45, 7) is 9.88. The fourth-order valence-electron chi connectivity index (χ4n) is 2.18. The number of nitrogens with one attached hydrogen (secondary N) is 1. The summed E-state index contributed by atoms with van der Waals surface area (Å²) in [7, 11) is 0. The van der Waals surface area contributed by atoms with Gasteiger partial charge in [0.05, 0.1) is 12.9 Å². The Bertz CT molecular complexity index is 443. The number of aliphatic imine (C=N–C) groups is 2. The first-order chi connectivity index (χ1) is 9.20. The second-order valence-electron chi connectivity index (χ2n) is 5.19. The normalized spacial score (nSPS) is 25.6. The Balaban J connectivity index is 2.02. The fourth-order valence-corrected chi connectivity index (χ4v) is 2.18. The minimum atomic E-state index is 0.510. The zero-order valence-electron chi connectivity index (χ0n) is 11.7. The summed E-state index contributed by atoms with van der Waals surface area (Å²) in [5, 5.41) is 3.48. The van der Waals surface area contributed by atoms with E-state index in [9.17, 15) is 0 Å². The Morgan fingerprint density at radius 2 is 2.37 bits per heavy atom. The van der Waals surface area contributed by atoms with Crippen LogP contribution < -0.4 is 5.32 Å². The molecule has 1 atom stereocenters. The van der Waals surface area contributed by atoms with Gasteiger partial charge in [-0.3, -0.25) is 10.3 Å². The summed E-state index contributed by atoms with van der Waals surface area (Å²) >= 11 is 0. The zero-order valence-corrected chi connectivity index (χ0v) is 11.7. The maximum absolute atomic E-state index is 4.48. The van der Waals surface area contributed by atoms with E-state index in [1.54, 1.807) is 0 Å². The highest BCUT2D eigenvalue weighted by Gasteiger charge is 2.25. The third-order valence-corrected chi connectivity index (χ3v) is 3.46. The Hall–Kier alpha value is -1.68. The van der Waals surface area contributed by atoms with Gasteiger partial charge in [0.2, 0.25) is 0 Å². The van der Waals surface area contributed by atoms with E-state index < -0.39 is 0 Å². The van der Waals surface area contributed by atoms with Crippen LogP contribution in [-0.2, 0) is 0 Å². The molecule has 1 aliphatic carbocycles. The van der Waals surface area contributed by atoms with Crippen molar-refractivity contribution >= 4 is 12.4 Å². The molecule has 0 aromatic rings. The zero-order chi connectivity index (χ0) is 13.7. The van der Waals surface area contributed by atoms with Crippen molar-refractivity contribution in [3.8, 4) is 0 Å². The van der Waals surface area contributed by atoms with Crippen molar-refractivity contribution in [2.45, 2.75) is 26.3 Å². The van der Waals surface area contributed by atoms with Crippen molar-refractivity contribution in [2.24, 2.45) is 15.9 Å². The molecule has 1 saturated heterocycles. The van der Waals surface area contributed by atoms with Crippen molar-refractivity contribution in [3.63, 3.8) is 0 Å². The minimum Gasteiger partial charge on any atom is -0.341 e. The quantitative estimate of drug-likeness (QED) is 0.786. The second-order valence-corrected chi connectivity index (χ2v) is 5.19. The Kier molecular flexibility index (Phi) is 4.68. The summed E-state index contributed by atoms with van der Waals surface area (Å²) in [5.41, 5.74) is 1.05. The van der Waals surface area contributed by atoms with Gasteiger partial charge in [-0.1, -0.05) is 32.1 Å². The molecule has 2 rings (SSSR count). The number of nitrogens with zero attached hydrogens (tertiary/aromatic N) is 3. The standard InChI is InChI=1S/C15H22N4/c1-12(2)14-10-19(11-18-14)15(16-3)9-17-13-7-5-4-6-8-13/h4-7,9,12,14,18H,3,8,10-11H2,1-2H3/b15-9+,17-13?. The molecule has 0 bridgehead atoms. The van der Waals surface area contributed by atoms with Crippen LogP contribution in [0.15, 0.2) is 46.3 Å². The van der Waals surface area contributed by atoms with Crippen LogP contribution in [0.5, 0.6) is 0 Å². The van der Waals surface area contributed by atoms with E-state index in [1.807, 2.05) is 24.4 Å². The van der Waals surface area contributed by atoms with Gasteiger partial charge < -0.3 is 4.90 Å². The lowest BCUT2D eigenvalue weighted by atomic mass is 10.1. The topological polar surface area (TPSA) is 40.0 Å². The van der Waals surface area contributed by atoms with Crippen LogP contribution in [0.25, 0.3) is 0 Å². The highest BCUT2D eigenvalue weighted by molar-refractivity contribution is 5.97. The van der Waals surface area contributed by atoms with Crippen molar-refractivity contribution in [2.75, 3.05) is 13.2 Å². The van der Waals surface area contributed by atoms with Crippen LogP contribution >= 0.6 is 0 Å². The predicted octanol–water partition coefficient (Wildman–Crippen LogP) is 2.33. The van der Waals surface area contributed by atoms with E-state index in [4.69, 9.17) is 0 Å². The summed E-state index contributed by atoms with van der Waals surface area (Å²) < 4.78 is 0.